The molecule has 0 radical (unpaired) electrons. The molecule has 4 heterocycles. The Kier molecular flexibility index (Phi) is 3.60. The Hall–Kier alpha value is -3.45. The van der Waals surface area contributed by atoms with Crippen LogP contribution in [0.3, 0.4) is 0 Å². The number of fused-ring (bicyclic) bond motifs is 5. The zero-order chi connectivity index (χ0) is 19.4. The van der Waals surface area contributed by atoms with Gasteiger partial charge in [0.05, 0.1) is 29.0 Å². The van der Waals surface area contributed by atoms with Crippen molar-refractivity contribution >= 4 is 16.9 Å². The number of esters is 1. The van der Waals surface area contributed by atoms with E-state index in [1.54, 1.807) is 16.7 Å². The molecule has 1 aromatic carbocycles. The predicted octanol–water partition coefficient (Wildman–Crippen LogP) is 2.08. The summed E-state index contributed by atoms with van der Waals surface area (Å²) < 4.78 is 12.1. The van der Waals surface area contributed by atoms with Gasteiger partial charge < -0.3 is 19.1 Å². The van der Waals surface area contributed by atoms with Gasteiger partial charge >= 0.3 is 5.97 Å². The molecule has 0 amide bonds. The van der Waals surface area contributed by atoms with E-state index in [0.717, 1.165) is 22.2 Å². The number of aliphatic hydroxyl groups excluding tert-OH is 1. The second-order valence-electron chi connectivity index (χ2n) is 6.82. The summed E-state index contributed by atoms with van der Waals surface area (Å²) in [7, 11) is 0. The number of nitrogens with zero attached hydrogens (tertiary/aromatic N) is 2. The highest BCUT2D eigenvalue weighted by Gasteiger charge is 2.33. The number of rotatable bonds is 3. The lowest BCUT2D eigenvalue weighted by Gasteiger charge is -2.21. The minimum absolute atomic E-state index is 0.125. The van der Waals surface area contributed by atoms with Crippen LogP contribution in [0.4, 0.5) is 0 Å². The van der Waals surface area contributed by atoms with E-state index in [-0.39, 0.29) is 12.2 Å². The van der Waals surface area contributed by atoms with Gasteiger partial charge in [-0.15, -0.1) is 0 Å². The first-order valence-electron chi connectivity index (χ1n) is 8.86. The number of hydrogen-bond donors (Lipinski definition) is 1. The SMILES string of the molecule is C=CCOc1ccc2nc3c(cc2c1)Cn1c-3cc2c(c1=O)COC(=O)[C@H]2O. The summed E-state index contributed by atoms with van der Waals surface area (Å²) in [5.74, 6) is -0.0235. The molecule has 28 heavy (non-hydrogen) atoms. The fourth-order valence-corrected chi connectivity index (χ4v) is 3.76. The number of ether oxygens (including phenoxy) is 2. The van der Waals surface area contributed by atoms with Crippen molar-refractivity contribution in [2.75, 3.05) is 6.61 Å². The largest absolute Gasteiger partial charge is 0.490 e. The lowest BCUT2D eigenvalue weighted by molar-refractivity contribution is -0.157. The fourth-order valence-electron chi connectivity index (χ4n) is 3.76. The standard InChI is InChI=1S/C21H16N2O5/c1-2-5-27-13-3-4-16-11(7-13)6-12-9-23-17(18(12)22-16)8-14-15(20(23)25)10-28-21(26)19(14)24/h2-4,6-8,19,24H,1,5,9-10H2/t19-/m0/s1. The van der Waals surface area contributed by atoms with E-state index in [4.69, 9.17) is 14.5 Å². The molecule has 1 N–H and O–H groups in total. The van der Waals surface area contributed by atoms with Crippen LogP contribution in [0, 0.1) is 0 Å². The van der Waals surface area contributed by atoms with Crippen LogP contribution in [0.2, 0.25) is 0 Å². The summed E-state index contributed by atoms with van der Waals surface area (Å²) in [6.07, 6.45) is 0.232. The number of carbonyl (C=O) groups is 1. The summed E-state index contributed by atoms with van der Waals surface area (Å²) in [5.41, 5.74) is 3.29. The van der Waals surface area contributed by atoms with Crippen molar-refractivity contribution in [1.29, 1.82) is 0 Å². The monoisotopic (exact) mass is 376 g/mol. The van der Waals surface area contributed by atoms with Crippen LogP contribution < -0.4 is 10.3 Å². The first-order chi connectivity index (χ1) is 13.6. The van der Waals surface area contributed by atoms with Crippen molar-refractivity contribution in [3.8, 4) is 17.1 Å². The summed E-state index contributed by atoms with van der Waals surface area (Å²) in [6.45, 7) is 4.31. The molecule has 0 spiro atoms. The fraction of sp³-hybridized carbons (Fsp3) is 0.190. The molecular weight excluding hydrogens is 360 g/mol. The molecule has 0 unspecified atom stereocenters. The number of hydrogen-bond acceptors (Lipinski definition) is 6. The molecule has 0 fully saturated rings. The van der Waals surface area contributed by atoms with Gasteiger partial charge in [0.2, 0.25) is 0 Å². The maximum Gasteiger partial charge on any atom is 0.340 e. The van der Waals surface area contributed by atoms with Crippen LogP contribution in [0.5, 0.6) is 5.75 Å². The summed E-state index contributed by atoms with van der Waals surface area (Å²) >= 11 is 0. The van der Waals surface area contributed by atoms with Gasteiger partial charge in [0.15, 0.2) is 6.10 Å². The Morgan fingerprint density at radius 2 is 2.18 bits per heavy atom. The molecule has 3 aromatic rings. The van der Waals surface area contributed by atoms with Crippen LogP contribution in [0.1, 0.15) is 22.8 Å². The summed E-state index contributed by atoms with van der Waals surface area (Å²) in [4.78, 5) is 29.3. The Morgan fingerprint density at radius 3 is 3.00 bits per heavy atom. The predicted molar refractivity (Wildman–Crippen MR) is 101 cm³/mol. The van der Waals surface area contributed by atoms with Gasteiger partial charge in [0, 0.05) is 16.5 Å². The third-order valence-corrected chi connectivity index (χ3v) is 5.12. The number of benzene rings is 1. The zero-order valence-corrected chi connectivity index (χ0v) is 14.8. The molecule has 0 saturated heterocycles. The third-order valence-electron chi connectivity index (χ3n) is 5.12. The van der Waals surface area contributed by atoms with Crippen LogP contribution in [0.15, 0.2) is 47.8 Å². The Balaban J connectivity index is 1.66. The van der Waals surface area contributed by atoms with Gasteiger partial charge in [0.1, 0.15) is 19.0 Å². The molecule has 2 aromatic heterocycles. The average Bonchev–Trinajstić information content (AvgIpc) is 3.05. The molecule has 0 aliphatic carbocycles. The number of aliphatic hydroxyl groups is 1. The first kappa shape index (κ1) is 16.7. The van der Waals surface area contributed by atoms with E-state index in [9.17, 15) is 14.7 Å². The molecule has 7 heteroatoms. The van der Waals surface area contributed by atoms with E-state index in [1.165, 1.54) is 0 Å². The second kappa shape index (κ2) is 6.03. The van der Waals surface area contributed by atoms with Gasteiger partial charge in [-0.25, -0.2) is 9.78 Å². The molecule has 5 rings (SSSR count). The highest BCUT2D eigenvalue weighted by atomic mass is 16.5. The first-order valence-corrected chi connectivity index (χ1v) is 8.86. The summed E-state index contributed by atoms with van der Waals surface area (Å²) in [5, 5.41) is 11.0. The van der Waals surface area contributed by atoms with E-state index in [0.29, 0.717) is 35.7 Å². The van der Waals surface area contributed by atoms with Gasteiger partial charge in [-0.1, -0.05) is 12.7 Å². The molecule has 140 valence electrons. The number of aromatic nitrogens is 2. The van der Waals surface area contributed by atoms with Gasteiger partial charge in [-0.3, -0.25) is 4.79 Å². The normalized spacial score (nSPS) is 16.9. The molecule has 2 aliphatic rings. The smallest absolute Gasteiger partial charge is 0.340 e. The molecule has 7 nitrogen and oxygen atoms in total. The third kappa shape index (κ3) is 2.36. The maximum absolute atomic E-state index is 12.9. The van der Waals surface area contributed by atoms with E-state index in [1.807, 2.05) is 24.3 Å². The maximum atomic E-state index is 12.9. The zero-order valence-electron chi connectivity index (χ0n) is 14.8. The Labute approximate surface area is 159 Å². The van der Waals surface area contributed by atoms with Crippen molar-refractivity contribution in [3.05, 3.63) is 70.0 Å². The molecule has 1 atom stereocenters. The number of carbonyl (C=O) groups excluding carboxylic acids is 1. The molecule has 0 saturated carbocycles. The van der Waals surface area contributed by atoms with Gasteiger partial charge in [0.25, 0.3) is 5.56 Å². The highest BCUT2D eigenvalue weighted by molar-refractivity contribution is 5.86. The van der Waals surface area contributed by atoms with Crippen molar-refractivity contribution in [2.45, 2.75) is 19.3 Å². The van der Waals surface area contributed by atoms with Crippen molar-refractivity contribution < 1.29 is 19.4 Å². The van der Waals surface area contributed by atoms with Crippen LogP contribution in [-0.4, -0.2) is 27.2 Å². The Bertz CT molecular complexity index is 1230. The lowest BCUT2D eigenvalue weighted by atomic mass is 10.0. The van der Waals surface area contributed by atoms with Crippen LogP contribution in [-0.2, 0) is 22.7 Å². The second-order valence-corrected chi connectivity index (χ2v) is 6.82. The minimum Gasteiger partial charge on any atom is -0.490 e. The topological polar surface area (TPSA) is 90.7 Å². The summed E-state index contributed by atoms with van der Waals surface area (Å²) in [6, 6.07) is 9.26. The van der Waals surface area contributed by atoms with Crippen LogP contribution in [0.25, 0.3) is 22.3 Å². The number of cyclic esters (lactones) is 1. The molecule has 2 aliphatic heterocycles. The van der Waals surface area contributed by atoms with E-state index in [2.05, 4.69) is 6.58 Å². The Morgan fingerprint density at radius 1 is 1.32 bits per heavy atom. The van der Waals surface area contributed by atoms with E-state index < -0.39 is 12.1 Å². The average molecular weight is 376 g/mol. The molecular formula is C21H16N2O5. The lowest BCUT2D eigenvalue weighted by Crippen LogP contribution is -2.32. The quantitative estimate of drug-likeness (QED) is 0.435. The van der Waals surface area contributed by atoms with Crippen molar-refractivity contribution in [1.82, 2.24) is 9.55 Å². The van der Waals surface area contributed by atoms with E-state index >= 15 is 0 Å². The highest BCUT2D eigenvalue weighted by Crippen LogP contribution is 2.35. The van der Waals surface area contributed by atoms with Crippen LogP contribution >= 0.6 is 0 Å². The van der Waals surface area contributed by atoms with Crippen molar-refractivity contribution in [3.63, 3.8) is 0 Å². The van der Waals surface area contributed by atoms with Gasteiger partial charge in [-0.05, 0) is 30.3 Å². The number of pyridine rings is 2. The van der Waals surface area contributed by atoms with Gasteiger partial charge in [-0.2, -0.15) is 0 Å². The molecule has 0 bridgehead atoms. The van der Waals surface area contributed by atoms with Crippen molar-refractivity contribution in [2.24, 2.45) is 0 Å². The minimum atomic E-state index is -1.45.